The molecular formula is C25H21BrN2O2. The van der Waals surface area contributed by atoms with Gasteiger partial charge in [0, 0.05) is 15.8 Å². The SMILES string of the molecule is Cc1ccccc1NC(=O)[C@@]1(/C=C/c2ccccc2)CC(=O)N1c1ccc(Br)cc1. The summed E-state index contributed by atoms with van der Waals surface area (Å²) in [5.74, 6) is -0.318. The van der Waals surface area contributed by atoms with Crippen molar-refractivity contribution < 1.29 is 9.59 Å². The zero-order valence-electron chi connectivity index (χ0n) is 16.5. The minimum absolute atomic E-state index is 0.0880. The fourth-order valence-electron chi connectivity index (χ4n) is 3.62. The van der Waals surface area contributed by atoms with Crippen molar-refractivity contribution >= 4 is 45.2 Å². The molecule has 1 heterocycles. The summed E-state index contributed by atoms with van der Waals surface area (Å²) in [6.07, 6.45) is 3.85. The summed E-state index contributed by atoms with van der Waals surface area (Å²) in [6.45, 7) is 1.94. The summed E-state index contributed by atoms with van der Waals surface area (Å²) in [5.41, 5.74) is 2.27. The van der Waals surface area contributed by atoms with Crippen LogP contribution in [0.4, 0.5) is 11.4 Å². The van der Waals surface area contributed by atoms with E-state index >= 15 is 0 Å². The highest BCUT2D eigenvalue weighted by molar-refractivity contribution is 9.10. The van der Waals surface area contributed by atoms with Crippen LogP contribution in [0, 0.1) is 6.92 Å². The first-order valence-electron chi connectivity index (χ1n) is 9.70. The van der Waals surface area contributed by atoms with Crippen LogP contribution in [0.1, 0.15) is 17.5 Å². The van der Waals surface area contributed by atoms with Gasteiger partial charge < -0.3 is 5.32 Å². The summed E-state index contributed by atoms with van der Waals surface area (Å²) in [5, 5.41) is 3.03. The van der Waals surface area contributed by atoms with Crippen molar-refractivity contribution in [1.29, 1.82) is 0 Å². The third-order valence-electron chi connectivity index (χ3n) is 5.29. The number of carbonyl (C=O) groups excluding carboxylic acids is 2. The Labute approximate surface area is 184 Å². The zero-order chi connectivity index (χ0) is 21.1. The number of benzene rings is 3. The van der Waals surface area contributed by atoms with E-state index in [2.05, 4.69) is 21.2 Å². The van der Waals surface area contributed by atoms with Gasteiger partial charge in [-0.2, -0.15) is 0 Å². The molecular weight excluding hydrogens is 440 g/mol. The van der Waals surface area contributed by atoms with E-state index in [1.807, 2.05) is 97.9 Å². The topological polar surface area (TPSA) is 49.4 Å². The Balaban J connectivity index is 1.74. The van der Waals surface area contributed by atoms with Gasteiger partial charge in [0.1, 0.15) is 0 Å². The third-order valence-corrected chi connectivity index (χ3v) is 5.82. The predicted molar refractivity (Wildman–Crippen MR) is 124 cm³/mol. The number of β-lactam (4-membered cyclic amide) rings is 1. The van der Waals surface area contributed by atoms with Gasteiger partial charge in [0.05, 0.1) is 6.42 Å². The molecule has 0 aliphatic carbocycles. The zero-order valence-corrected chi connectivity index (χ0v) is 18.1. The van der Waals surface area contributed by atoms with Crippen molar-refractivity contribution in [1.82, 2.24) is 0 Å². The van der Waals surface area contributed by atoms with E-state index in [4.69, 9.17) is 0 Å². The number of amides is 2. The van der Waals surface area contributed by atoms with Gasteiger partial charge in [-0.25, -0.2) is 0 Å². The second kappa shape index (κ2) is 8.28. The first-order chi connectivity index (χ1) is 14.5. The molecule has 5 heteroatoms. The second-order valence-electron chi connectivity index (χ2n) is 7.32. The number of rotatable bonds is 5. The molecule has 1 aliphatic heterocycles. The van der Waals surface area contributed by atoms with Crippen LogP contribution in [0.15, 0.2) is 89.4 Å². The Bertz CT molecular complexity index is 1110. The minimum atomic E-state index is -1.09. The van der Waals surface area contributed by atoms with Crippen LogP contribution >= 0.6 is 15.9 Å². The van der Waals surface area contributed by atoms with E-state index in [0.717, 1.165) is 21.3 Å². The van der Waals surface area contributed by atoms with E-state index in [1.54, 1.807) is 4.90 Å². The summed E-state index contributed by atoms with van der Waals surface area (Å²) < 4.78 is 0.911. The molecule has 1 N–H and O–H groups in total. The number of anilines is 2. The minimum Gasteiger partial charge on any atom is -0.323 e. The van der Waals surface area contributed by atoms with Gasteiger partial charge in [-0.1, -0.05) is 70.5 Å². The van der Waals surface area contributed by atoms with Gasteiger partial charge in [-0.15, -0.1) is 0 Å². The predicted octanol–water partition coefficient (Wildman–Crippen LogP) is 5.59. The Morgan fingerprint density at radius 1 is 1.00 bits per heavy atom. The number of para-hydroxylation sites is 1. The van der Waals surface area contributed by atoms with Gasteiger partial charge in [0.15, 0.2) is 5.54 Å². The lowest BCUT2D eigenvalue weighted by atomic mass is 9.81. The van der Waals surface area contributed by atoms with E-state index in [9.17, 15) is 9.59 Å². The van der Waals surface area contributed by atoms with Gasteiger partial charge in [-0.05, 0) is 54.5 Å². The number of aryl methyl sites for hydroxylation is 1. The molecule has 3 aromatic rings. The van der Waals surface area contributed by atoms with Crippen LogP contribution in [0.5, 0.6) is 0 Å². The van der Waals surface area contributed by atoms with Crippen molar-refractivity contribution in [3.05, 3.63) is 101 Å². The smallest absolute Gasteiger partial charge is 0.255 e. The highest BCUT2D eigenvalue weighted by atomic mass is 79.9. The average molecular weight is 461 g/mol. The maximum Gasteiger partial charge on any atom is 0.255 e. The maximum absolute atomic E-state index is 13.5. The molecule has 1 fully saturated rings. The van der Waals surface area contributed by atoms with Gasteiger partial charge in [0.25, 0.3) is 5.91 Å². The molecule has 1 atom stereocenters. The van der Waals surface area contributed by atoms with Crippen LogP contribution in [-0.2, 0) is 9.59 Å². The van der Waals surface area contributed by atoms with Crippen molar-refractivity contribution in [3.63, 3.8) is 0 Å². The van der Waals surface area contributed by atoms with Gasteiger partial charge >= 0.3 is 0 Å². The van der Waals surface area contributed by atoms with Gasteiger partial charge in [-0.3, -0.25) is 14.5 Å². The van der Waals surface area contributed by atoms with Crippen molar-refractivity contribution in [2.24, 2.45) is 0 Å². The lowest BCUT2D eigenvalue weighted by Gasteiger charge is -2.48. The van der Waals surface area contributed by atoms with Crippen molar-refractivity contribution in [2.45, 2.75) is 18.9 Å². The Morgan fingerprint density at radius 2 is 1.67 bits per heavy atom. The summed E-state index contributed by atoms with van der Waals surface area (Å²) in [6, 6.07) is 24.8. The van der Waals surface area contributed by atoms with E-state index in [1.165, 1.54) is 0 Å². The Hall–Kier alpha value is -3.18. The lowest BCUT2D eigenvalue weighted by Crippen LogP contribution is -2.68. The average Bonchev–Trinajstić information content (AvgIpc) is 2.74. The van der Waals surface area contributed by atoms with Crippen molar-refractivity contribution in [2.75, 3.05) is 10.2 Å². The largest absolute Gasteiger partial charge is 0.323 e. The summed E-state index contributed by atoms with van der Waals surface area (Å²) in [7, 11) is 0. The standard InChI is InChI=1S/C25H21BrN2O2/c1-18-7-5-6-10-22(18)27-24(30)25(16-15-19-8-3-2-4-9-19)17-23(29)28(25)21-13-11-20(26)12-14-21/h2-16H,17H2,1H3,(H,27,30)/b16-15+/t25-/m1/s1. The van der Waals surface area contributed by atoms with E-state index in [-0.39, 0.29) is 18.2 Å². The van der Waals surface area contributed by atoms with E-state index < -0.39 is 5.54 Å². The Kier molecular flexibility index (Phi) is 5.55. The van der Waals surface area contributed by atoms with Crippen LogP contribution < -0.4 is 10.2 Å². The quantitative estimate of drug-likeness (QED) is 0.504. The number of halogens is 1. The molecule has 3 aromatic carbocycles. The Morgan fingerprint density at radius 3 is 2.33 bits per heavy atom. The molecule has 1 aliphatic rings. The highest BCUT2D eigenvalue weighted by Crippen LogP contribution is 2.40. The van der Waals surface area contributed by atoms with Gasteiger partial charge in [0.2, 0.25) is 5.91 Å². The van der Waals surface area contributed by atoms with Crippen LogP contribution in [0.2, 0.25) is 0 Å². The first kappa shape index (κ1) is 20.1. The molecule has 0 radical (unpaired) electrons. The maximum atomic E-state index is 13.5. The first-order valence-corrected chi connectivity index (χ1v) is 10.5. The van der Waals surface area contributed by atoms with Crippen molar-refractivity contribution in [3.8, 4) is 0 Å². The fraction of sp³-hybridized carbons (Fsp3) is 0.120. The number of nitrogens with zero attached hydrogens (tertiary/aromatic N) is 1. The summed E-state index contributed by atoms with van der Waals surface area (Å²) >= 11 is 3.42. The number of nitrogens with one attached hydrogen (secondary N) is 1. The molecule has 0 bridgehead atoms. The normalized spacial score (nSPS) is 18.3. The monoisotopic (exact) mass is 460 g/mol. The molecule has 0 spiro atoms. The number of carbonyl (C=O) groups is 2. The molecule has 30 heavy (non-hydrogen) atoms. The second-order valence-corrected chi connectivity index (χ2v) is 8.24. The third kappa shape index (κ3) is 3.81. The van der Waals surface area contributed by atoms with Crippen LogP contribution in [0.3, 0.4) is 0 Å². The molecule has 4 rings (SSSR count). The highest BCUT2D eigenvalue weighted by Gasteiger charge is 2.55. The fourth-order valence-corrected chi connectivity index (χ4v) is 3.88. The van der Waals surface area contributed by atoms with Crippen LogP contribution in [-0.4, -0.2) is 17.4 Å². The molecule has 150 valence electrons. The summed E-state index contributed by atoms with van der Waals surface area (Å²) in [4.78, 5) is 27.8. The van der Waals surface area contributed by atoms with E-state index in [0.29, 0.717) is 5.69 Å². The molecule has 2 amide bonds. The molecule has 0 unspecified atom stereocenters. The molecule has 4 nitrogen and oxygen atoms in total. The van der Waals surface area contributed by atoms with Crippen LogP contribution in [0.25, 0.3) is 6.08 Å². The molecule has 1 saturated heterocycles. The number of hydrogen-bond donors (Lipinski definition) is 1. The lowest BCUT2D eigenvalue weighted by molar-refractivity contribution is -0.134. The number of hydrogen-bond acceptors (Lipinski definition) is 2. The molecule has 0 saturated carbocycles. The molecule has 0 aromatic heterocycles.